The van der Waals surface area contributed by atoms with Crippen LogP contribution in [-0.2, 0) is 0 Å². The zero-order valence-corrected chi connectivity index (χ0v) is 7.51. The van der Waals surface area contributed by atoms with Crippen molar-refractivity contribution in [2.75, 3.05) is 0 Å². The van der Waals surface area contributed by atoms with Gasteiger partial charge in [-0.05, 0) is 0 Å². The van der Waals surface area contributed by atoms with E-state index in [9.17, 15) is 0 Å². The van der Waals surface area contributed by atoms with Crippen molar-refractivity contribution >= 4 is 0 Å². The molecule has 64 valence electrons. The highest BCUT2D eigenvalue weighted by atomic mass is 14.8. The molecule has 0 saturated heterocycles. The normalized spacial score (nSPS) is 8.55. The van der Waals surface area contributed by atoms with E-state index in [1.807, 2.05) is 0 Å². The summed E-state index contributed by atoms with van der Waals surface area (Å²) in [6, 6.07) is 0. The molecule has 1 N–H and O–H groups in total. The molecular formula is C9H18N2. The first kappa shape index (κ1) is 10.2. The molecule has 1 aromatic rings. The van der Waals surface area contributed by atoms with Crippen LogP contribution in [0.1, 0.15) is 39.5 Å². The van der Waals surface area contributed by atoms with Crippen LogP contribution in [0.4, 0.5) is 0 Å². The van der Waals surface area contributed by atoms with E-state index in [-0.39, 0.29) is 0 Å². The third-order valence-corrected chi connectivity index (χ3v) is 1.36. The Kier molecular flexibility index (Phi) is 8.55. The third kappa shape index (κ3) is 9.21. The minimum Gasteiger partial charge on any atom is -0.351 e. The Morgan fingerprint density at radius 2 is 1.82 bits per heavy atom. The van der Waals surface area contributed by atoms with E-state index >= 15 is 0 Å². The first-order valence-corrected chi connectivity index (χ1v) is 4.34. The fraction of sp³-hybridized carbons (Fsp3) is 0.667. The fourth-order valence-electron chi connectivity index (χ4n) is 0.715. The van der Waals surface area contributed by atoms with E-state index < -0.39 is 0 Å². The number of aromatic amines is 1. The monoisotopic (exact) mass is 154 g/mol. The van der Waals surface area contributed by atoms with Crippen LogP contribution in [0.15, 0.2) is 18.7 Å². The predicted molar refractivity (Wildman–Crippen MR) is 48.4 cm³/mol. The second kappa shape index (κ2) is 9.21. The van der Waals surface area contributed by atoms with E-state index in [1.54, 1.807) is 18.7 Å². The molecule has 0 aliphatic carbocycles. The van der Waals surface area contributed by atoms with E-state index in [2.05, 4.69) is 23.8 Å². The Labute approximate surface area is 69.1 Å². The highest BCUT2D eigenvalue weighted by molar-refractivity contribution is 4.64. The maximum Gasteiger partial charge on any atom is 0.0919 e. The first-order valence-electron chi connectivity index (χ1n) is 4.34. The fourth-order valence-corrected chi connectivity index (χ4v) is 0.715. The highest BCUT2D eigenvalue weighted by Crippen LogP contribution is 1.95. The SMILES string of the molecule is CCCCCC.c1c[nH]cn1. The van der Waals surface area contributed by atoms with Crippen molar-refractivity contribution in [3.63, 3.8) is 0 Å². The van der Waals surface area contributed by atoms with Crippen LogP contribution in [0.2, 0.25) is 0 Å². The summed E-state index contributed by atoms with van der Waals surface area (Å²) < 4.78 is 0. The van der Waals surface area contributed by atoms with Gasteiger partial charge in [0.05, 0.1) is 6.33 Å². The summed E-state index contributed by atoms with van der Waals surface area (Å²) in [5, 5.41) is 0. The maximum absolute atomic E-state index is 3.67. The van der Waals surface area contributed by atoms with Gasteiger partial charge in [-0.3, -0.25) is 0 Å². The quantitative estimate of drug-likeness (QED) is 0.666. The van der Waals surface area contributed by atoms with Crippen molar-refractivity contribution in [1.29, 1.82) is 0 Å². The number of unbranched alkanes of at least 4 members (excludes halogenated alkanes) is 3. The summed E-state index contributed by atoms with van der Waals surface area (Å²) >= 11 is 0. The number of rotatable bonds is 3. The topological polar surface area (TPSA) is 28.7 Å². The summed E-state index contributed by atoms with van der Waals surface area (Å²) in [7, 11) is 0. The number of nitrogens with one attached hydrogen (secondary N) is 1. The number of hydrogen-bond acceptors (Lipinski definition) is 1. The van der Waals surface area contributed by atoms with Crippen LogP contribution in [0.25, 0.3) is 0 Å². The average Bonchev–Trinajstić information content (AvgIpc) is 2.57. The summed E-state index contributed by atoms with van der Waals surface area (Å²) in [6.45, 7) is 4.46. The molecule has 11 heavy (non-hydrogen) atoms. The van der Waals surface area contributed by atoms with Crippen molar-refractivity contribution in [3.8, 4) is 0 Å². The molecule has 2 nitrogen and oxygen atoms in total. The molecule has 0 saturated carbocycles. The highest BCUT2D eigenvalue weighted by Gasteiger charge is 1.75. The molecular weight excluding hydrogens is 136 g/mol. The lowest BCUT2D eigenvalue weighted by atomic mass is 10.2. The third-order valence-electron chi connectivity index (χ3n) is 1.36. The standard InChI is InChI=1S/C6H14.C3H4N2/c1-3-5-6-4-2;1-2-5-3-4-1/h3-6H2,1-2H3;1-3H,(H,4,5). The van der Waals surface area contributed by atoms with Crippen molar-refractivity contribution in [3.05, 3.63) is 18.7 Å². The van der Waals surface area contributed by atoms with Crippen molar-refractivity contribution < 1.29 is 0 Å². The van der Waals surface area contributed by atoms with Gasteiger partial charge in [0.25, 0.3) is 0 Å². The minimum absolute atomic E-state index is 1.36. The van der Waals surface area contributed by atoms with E-state index in [0.29, 0.717) is 0 Å². The molecule has 1 aromatic heterocycles. The molecule has 1 heterocycles. The molecule has 0 amide bonds. The molecule has 0 aliphatic heterocycles. The van der Waals surface area contributed by atoms with E-state index in [4.69, 9.17) is 0 Å². The lowest BCUT2D eigenvalue weighted by molar-refractivity contribution is 0.702. The van der Waals surface area contributed by atoms with Crippen LogP contribution >= 0.6 is 0 Å². The van der Waals surface area contributed by atoms with E-state index in [0.717, 1.165) is 0 Å². The molecule has 0 bridgehead atoms. The van der Waals surface area contributed by atoms with Crippen LogP contribution in [0.3, 0.4) is 0 Å². The molecule has 0 aliphatic rings. The largest absolute Gasteiger partial charge is 0.351 e. The summed E-state index contributed by atoms with van der Waals surface area (Å²) in [5.41, 5.74) is 0. The second-order valence-corrected chi connectivity index (χ2v) is 2.47. The van der Waals surface area contributed by atoms with Gasteiger partial charge in [0.15, 0.2) is 0 Å². The van der Waals surface area contributed by atoms with Gasteiger partial charge >= 0.3 is 0 Å². The van der Waals surface area contributed by atoms with E-state index in [1.165, 1.54) is 25.7 Å². The first-order chi connectivity index (χ1) is 5.41. The summed E-state index contributed by atoms with van der Waals surface area (Å²) in [5.74, 6) is 0. The summed E-state index contributed by atoms with van der Waals surface area (Å²) in [6.07, 6.45) is 10.6. The molecule has 0 fully saturated rings. The van der Waals surface area contributed by atoms with Crippen LogP contribution in [0, 0.1) is 0 Å². The van der Waals surface area contributed by atoms with Gasteiger partial charge in [-0.2, -0.15) is 0 Å². The molecule has 0 atom stereocenters. The van der Waals surface area contributed by atoms with Crippen LogP contribution < -0.4 is 0 Å². The van der Waals surface area contributed by atoms with Gasteiger partial charge in [-0.15, -0.1) is 0 Å². The summed E-state index contributed by atoms with van der Waals surface area (Å²) in [4.78, 5) is 6.42. The maximum atomic E-state index is 3.67. The average molecular weight is 154 g/mol. The Balaban J connectivity index is 0.000000183. The van der Waals surface area contributed by atoms with Gasteiger partial charge in [-0.25, -0.2) is 4.98 Å². The Hall–Kier alpha value is -0.790. The van der Waals surface area contributed by atoms with Crippen molar-refractivity contribution in [1.82, 2.24) is 9.97 Å². The molecule has 0 unspecified atom stereocenters. The predicted octanol–water partition coefficient (Wildman–Crippen LogP) is 3.00. The van der Waals surface area contributed by atoms with Gasteiger partial charge in [-0.1, -0.05) is 39.5 Å². The zero-order valence-electron chi connectivity index (χ0n) is 7.51. The number of aromatic nitrogens is 2. The van der Waals surface area contributed by atoms with Gasteiger partial charge in [0, 0.05) is 12.4 Å². The molecule has 2 heteroatoms. The number of H-pyrrole nitrogens is 1. The lowest BCUT2D eigenvalue weighted by Gasteiger charge is -1.86. The van der Waals surface area contributed by atoms with Crippen LogP contribution in [0.5, 0.6) is 0 Å². The molecule has 1 rings (SSSR count). The van der Waals surface area contributed by atoms with Crippen molar-refractivity contribution in [2.45, 2.75) is 39.5 Å². The smallest absolute Gasteiger partial charge is 0.0919 e. The Morgan fingerprint density at radius 3 is 2.00 bits per heavy atom. The Morgan fingerprint density at radius 1 is 1.18 bits per heavy atom. The lowest BCUT2D eigenvalue weighted by Crippen LogP contribution is -1.66. The van der Waals surface area contributed by atoms with Crippen molar-refractivity contribution in [2.24, 2.45) is 0 Å². The number of hydrogen-bond donors (Lipinski definition) is 1. The number of nitrogens with zero attached hydrogens (tertiary/aromatic N) is 1. The van der Waals surface area contributed by atoms with Gasteiger partial charge in [0.2, 0.25) is 0 Å². The molecule has 0 radical (unpaired) electrons. The van der Waals surface area contributed by atoms with Gasteiger partial charge < -0.3 is 4.98 Å². The second-order valence-electron chi connectivity index (χ2n) is 2.47. The molecule has 0 aromatic carbocycles. The number of imidazole rings is 1. The Bertz CT molecular complexity index is 103. The minimum atomic E-state index is 1.36. The molecule has 0 spiro atoms. The van der Waals surface area contributed by atoms with Crippen LogP contribution in [-0.4, -0.2) is 9.97 Å². The van der Waals surface area contributed by atoms with Gasteiger partial charge in [0.1, 0.15) is 0 Å². The zero-order chi connectivity index (χ0) is 8.36.